The maximum Gasteiger partial charge on any atom is 0.164 e. The van der Waals surface area contributed by atoms with Crippen LogP contribution >= 0.6 is 0 Å². The number of aromatic nitrogens is 4. The van der Waals surface area contributed by atoms with Crippen molar-refractivity contribution in [3.63, 3.8) is 0 Å². The summed E-state index contributed by atoms with van der Waals surface area (Å²) in [6.45, 7) is 0. The molecule has 7 nitrogen and oxygen atoms in total. The van der Waals surface area contributed by atoms with E-state index in [-0.39, 0.29) is 0 Å². The Hall–Kier alpha value is -10.4. The Morgan fingerprint density at radius 2 is 0.763 bits per heavy atom. The lowest BCUT2D eigenvalue weighted by atomic mass is 9.96. The third-order valence-electron chi connectivity index (χ3n) is 15.1. The smallest absolute Gasteiger partial charge is 0.164 e. The van der Waals surface area contributed by atoms with Crippen molar-refractivity contribution < 1.29 is 13.3 Å². The highest BCUT2D eigenvalue weighted by molar-refractivity contribution is 6.17. The van der Waals surface area contributed by atoms with Gasteiger partial charge in [-0.05, 0) is 124 Å². The molecule has 354 valence electrons. The zero-order chi connectivity index (χ0) is 49.8. The van der Waals surface area contributed by atoms with Gasteiger partial charge < -0.3 is 17.8 Å². The molecule has 16 aromatic rings. The van der Waals surface area contributed by atoms with Crippen LogP contribution in [0.3, 0.4) is 0 Å². The molecule has 7 heteroatoms. The fourth-order valence-corrected chi connectivity index (χ4v) is 11.5. The van der Waals surface area contributed by atoms with Crippen molar-refractivity contribution in [1.29, 1.82) is 0 Å². The van der Waals surface area contributed by atoms with E-state index in [0.717, 1.165) is 122 Å². The molecule has 0 saturated heterocycles. The van der Waals surface area contributed by atoms with Crippen LogP contribution in [-0.2, 0) is 0 Å². The molecule has 0 aliphatic heterocycles. The Labute approximate surface area is 434 Å². The van der Waals surface area contributed by atoms with Crippen LogP contribution in [0.1, 0.15) is 0 Å². The summed E-state index contributed by atoms with van der Waals surface area (Å²) < 4.78 is 22.2. The fourth-order valence-electron chi connectivity index (χ4n) is 11.5. The van der Waals surface area contributed by atoms with Crippen molar-refractivity contribution in [3.05, 3.63) is 243 Å². The predicted octanol–water partition coefficient (Wildman–Crippen LogP) is 18.7. The maximum atomic E-state index is 6.72. The van der Waals surface area contributed by atoms with Crippen LogP contribution < -0.4 is 0 Å². The minimum Gasteiger partial charge on any atom is -0.456 e. The minimum atomic E-state index is 0.541. The van der Waals surface area contributed by atoms with E-state index < -0.39 is 0 Å². The summed E-state index contributed by atoms with van der Waals surface area (Å²) in [5, 5.41) is 8.52. The van der Waals surface area contributed by atoms with Gasteiger partial charge in [-0.2, -0.15) is 0 Å². The zero-order valence-corrected chi connectivity index (χ0v) is 40.6. The van der Waals surface area contributed by atoms with Crippen molar-refractivity contribution in [2.24, 2.45) is 0 Å². The molecule has 0 aliphatic carbocycles. The molecule has 16 rings (SSSR count). The zero-order valence-electron chi connectivity index (χ0n) is 40.6. The van der Waals surface area contributed by atoms with Crippen LogP contribution in [-0.4, -0.2) is 19.5 Å². The molecule has 0 N–H and O–H groups in total. The Morgan fingerprint density at radius 3 is 1.58 bits per heavy atom. The number of furan rings is 3. The third-order valence-corrected chi connectivity index (χ3v) is 15.1. The van der Waals surface area contributed by atoms with Crippen LogP contribution in [0.5, 0.6) is 0 Å². The van der Waals surface area contributed by atoms with E-state index in [0.29, 0.717) is 17.5 Å². The van der Waals surface area contributed by atoms with Crippen molar-refractivity contribution >= 4 is 87.6 Å². The first-order valence-electron chi connectivity index (χ1n) is 25.5. The van der Waals surface area contributed by atoms with E-state index >= 15 is 0 Å². The van der Waals surface area contributed by atoms with Crippen molar-refractivity contribution in [3.8, 4) is 73.2 Å². The molecule has 0 radical (unpaired) electrons. The average Bonchev–Trinajstić information content (AvgIpc) is 4.31. The van der Waals surface area contributed by atoms with Gasteiger partial charge in [0.25, 0.3) is 0 Å². The van der Waals surface area contributed by atoms with Gasteiger partial charge in [0.15, 0.2) is 17.5 Å². The van der Waals surface area contributed by atoms with Gasteiger partial charge in [-0.3, -0.25) is 0 Å². The van der Waals surface area contributed by atoms with Crippen molar-refractivity contribution in [1.82, 2.24) is 19.5 Å². The number of rotatable bonds is 7. The lowest BCUT2D eigenvalue weighted by Crippen LogP contribution is -2.00. The largest absolute Gasteiger partial charge is 0.456 e. The summed E-state index contributed by atoms with van der Waals surface area (Å²) >= 11 is 0. The molecule has 0 fully saturated rings. The molecule has 0 atom stereocenters. The quantitative estimate of drug-likeness (QED) is 0.158. The first kappa shape index (κ1) is 42.2. The highest BCUT2D eigenvalue weighted by Crippen LogP contribution is 2.44. The molecule has 5 heterocycles. The lowest BCUT2D eigenvalue weighted by Gasteiger charge is -2.09. The normalized spacial score (nSPS) is 11.9. The number of para-hydroxylation sites is 2. The maximum absolute atomic E-state index is 6.72. The predicted molar refractivity (Wildman–Crippen MR) is 309 cm³/mol. The first-order valence-corrected chi connectivity index (χ1v) is 25.5. The summed E-state index contributed by atoms with van der Waals surface area (Å²) in [7, 11) is 0. The van der Waals surface area contributed by atoms with E-state index in [4.69, 9.17) is 28.2 Å². The van der Waals surface area contributed by atoms with E-state index in [1.165, 1.54) is 21.8 Å². The Bertz CT molecular complexity index is 4990. The molecule has 0 unspecified atom stereocenters. The van der Waals surface area contributed by atoms with Crippen LogP contribution in [0.4, 0.5) is 0 Å². The van der Waals surface area contributed by atoms with Crippen LogP contribution in [0.25, 0.3) is 161 Å². The molecule has 0 aliphatic rings. The summed E-state index contributed by atoms with van der Waals surface area (Å²) in [6, 6.07) is 84.5. The van der Waals surface area contributed by atoms with Crippen molar-refractivity contribution in [2.75, 3.05) is 0 Å². The third kappa shape index (κ3) is 6.66. The van der Waals surface area contributed by atoms with Gasteiger partial charge in [-0.25, -0.2) is 15.0 Å². The molecular weight excluding hydrogens is 933 g/mol. The average molecular weight is 973 g/mol. The molecule has 0 spiro atoms. The number of hydrogen-bond donors (Lipinski definition) is 0. The second kappa shape index (κ2) is 16.6. The number of hydrogen-bond acceptors (Lipinski definition) is 6. The monoisotopic (exact) mass is 972 g/mol. The summed E-state index contributed by atoms with van der Waals surface area (Å²) in [6.07, 6.45) is 0. The van der Waals surface area contributed by atoms with E-state index in [9.17, 15) is 0 Å². The van der Waals surface area contributed by atoms with Crippen LogP contribution in [0, 0.1) is 0 Å². The van der Waals surface area contributed by atoms with E-state index in [1.54, 1.807) is 0 Å². The second-order valence-electron chi connectivity index (χ2n) is 19.5. The molecule has 5 aromatic heterocycles. The number of benzene rings is 11. The van der Waals surface area contributed by atoms with E-state index in [1.807, 2.05) is 54.6 Å². The number of nitrogens with zero attached hydrogens (tertiary/aromatic N) is 4. The van der Waals surface area contributed by atoms with Gasteiger partial charge in [0.1, 0.15) is 33.5 Å². The summed E-state index contributed by atoms with van der Waals surface area (Å²) in [5.41, 5.74) is 17.4. The lowest BCUT2D eigenvalue weighted by molar-refractivity contribution is 0.668. The topological polar surface area (TPSA) is 83.0 Å². The van der Waals surface area contributed by atoms with Gasteiger partial charge in [-0.1, -0.05) is 152 Å². The second-order valence-corrected chi connectivity index (χ2v) is 19.5. The summed E-state index contributed by atoms with van der Waals surface area (Å²) in [4.78, 5) is 15.5. The van der Waals surface area contributed by atoms with Gasteiger partial charge in [0, 0.05) is 65.5 Å². The molecule has 76 heavy (non-hydrogen) atoms. The Morgan fingerprint density at radius 1 is 0.250 bits per heavy atom. The molecule has 11 aromatic carbocycles. The minimum absolute atomic E-state index is 0.541. The van der Waals surface area contributed by atoms with Gasteiger partial charge in [-0.15, -0.1) is 0 Å². The highest BCUT2D eigenvalue weighted by atomic mass is 16.3. The van der Waals surface area contributed by atoms with Gasteiger partial charge in [0.2, 0.25) is 0 Å². The molecule has 0 amide bonds. The molecule has 0 saturated carbocycles. The Balaban J connectivity index is 0.803. The van der Waals surface area contributed by atoms with Gasteiger partial charge in [0.05, 0.1) is 11.0 Å². The summed E-state index contributed by atoms with van der Waals surface area (Å²) in [5.74, 6) is 1.65. The SMILES string of the molecule is c1ccc(-c2ccc3oc4cc(-c5nc(-c6ccccc6)nc(-c6cccc7oc8ccc(-c9cccc%10oc%11cc(-c%12ccc%13c(c%12)c%12ccccc%12n%13-c%12ccccc%12)ccc%11c9%10)cc8c67)n5)ccc4c3c2)cc1. The van der Waals surface area contributed by atoms with E-state index in [2.05, 4.69) is 193 Å². The Kier molecular flexibility index (Phi) is 9.20. The standard InChI is InChI=1S/C69H40N4O3/c1-4-14-41(15-5-1)43-29-34-59-55(37-43)51-31-27-47(40-63(51)75-59)68-70-67(42-16-6-2-7-17-42)71-69(72-68)53-22-13-25-62-66(53)56-38-46(30-35-60(56)74-62)49-21-12-24-61-65(49)52-32-26-45(39-64(52)76-61)44-28-33-58-54(36-44)50-20-10-11-23-57(50)73(58)48-18-8-3-9-19-48/h1-40H. The molecule has 0 bridgehead atoms. The van der Waals surface area contributed by atoms with Crippen LogP contribution in [0.2, 0.25) is 0 Å². The molecular formula is C69H40N4O3. The van der Waals surface area contributed by atoms with Crippen molar-refractivity contribution in [2.45, 2.75) is 0 Å². The fraction of sp³-hybridized carbons (Fsp3) is 0. The highest BCUT2D eigenvalue weighted by Gasteiger charge is 2.22. The van der Waals surface area contributed by atoms with Crippen LogP contribution in [0.15, 0.2) is 256 Å². The van der Waals surface area contributed by atoms with Gasteiger partial charge >= 0.3 is 0 Å². The first-order chi connectivity index (χ1) is 37.6. The number of fused-ring (bicyclic) bond motifs is 12.